The number of nitrogens with zero attached hydrogens (tertiary/aromatic N) is 4. The highest BCUT2D eigenvalue weighted by atomic mass is 32.1. The van der Waals surface area contributed by atoms with Crippen molar-refractivity contribution < 1.29 is 43.0 Å². The van der Waals surface area contributed by atoms with E-state index in [0.717, 1.165) is 17.8 Å². The van der Waals surface area contributed by atoms with Crippen molar-refractivity contribution in [3.8, 4) is 0 Å². The number of benzene rings is 1. The standard InChI is InChI=1S/C27H48N6O9SSi/c1-40-44(41-2,42-3)18-4-9-28-27(43)29-22-5-7-23(8-6-22)33(21-26(38)39)17-16-30-10-12-31(19-24(34)35)14-15-32(13-11-30)20-25(36)37/h5-8,27-29,43H,4,9-21H2,1-3H3,(H,34,35)(H,36,37)(H,38,39). The molecule has 44 heavy (non-hydrogen) atoms. The fraction of sp³-hybridized carbons (Fsp3) is 0.667. The minimum atomic E-state index is -2.62. The molecule has 0 radical (unpaired) electrons. The monoisotopic (exact) mass is 660 g/mol. The number of rotatable bonds is 20. The molecule has 0 bridgehead atoms. The third kappa shape index (κ3) is 14.1. The molecule has 250 valence electrons. The van der Waals surface area contributed by atoms with Crippen LogP contribution in [-0.2, 0) is 27.7 Å². The predicted octanol–water partition coefficient (Wildman–Crippen LogP) is 0.150. The van der Waals surface area contributed by atoms with Crippen LogP contribution in [0.15, 0.2) is 24.3 Å². The third-order valence-corrected chi connectivity index (χ3v) is 10.5. The van der Waals surface area contributed by atoms with E-state index in [1.165, 1.54) is 0 Å². The van der Waals surface area contributed by atoms with Crippen LogP contribution in [0.4, 0.5) is 11.4 Å². The lowest BCUT2D eigenvalue weighted by molar-refractivity contribution is -0.140. The first-order valence-electron chi connectivity index (χ1n) is 14.5. The van der Waals surface area contributed by atoms with E-state index in [2.05, 4.69) is 28.2 Å². The van der Waals surface area contributed by atoms with Crippen molar-refractivity contribution >= 4 is 50.7 Å². The van der Waals surface area contributed by atoms with Gasteiger partial charge in [-0.3, -0.25) is 34.4 Å². The molecule has 5 N–H and O–H groups in total. The van der Waals surface area contributed by atoms with Gasteiger partial charge in [0.1, 0.15) is 12.0 Å². The summed E-state index contributed by atoms with van der Waals surface area (Å²) < 4.78 is 16.3. The highest BCUT2D eigenvalue weighted by Gasteiger charge is 2.36. The average molecular weight is 661 g/mol. The number of nitrogens with one attached hydrogen (secondary N) is 2. The Morgan fingerprint density at radius 2 is 1.36 bits per heavy atom. The Bertz CT molecular complexity index is 988. The molecular weight excluding hydrogens is 612 g/mol. The van der Waals surface area contributed by atoms with Crippen LogP contribution in [0.25, 0.3) is 0 Å². The molecule has 0 aromatic heterocycles. The molecule has 15 nitrogen and oxygen atoms in total. The number of anilines is 2. The summed E-state index contributed by atoms with van der Waals surface area (Å²) in [5, 5.41) is 34.7. The van der Waals surface area contributed by atoms with Crippen molar-refractivity contribution in [1.82, 2.24) is 20.0 Å². The second-order valence-electron chi connectivity index (χ2n) is 10.4. The van der Waals surface area contributed by atoms with Crippen LogP contribution in [0.3, 0.4) is 0 Å². The summed E-state index contributed by atoms with van der Waals surface area (Å²) in [5.41, 5.74) is 1.23. The Balaban J connectivity index is 1.96. The van der Waals surface area contributed by atoms with Gasteiger partial charge in [0, 0.05) is 91.1 Å². The summed E-state index contributed by atoms with van der Waals surface area (Å²) in [5.74, 6) is -2.83. The molecule has 1 heterocycles. The number of thiol groups is 1. The van der Waals surface area contributed by atoms with Crippen LogP contribution < -0.4 is 15.5 Å². The Hall–Kier alpha value is -2.48. The first kappa shape index (κ1) is 37.7. The number of hydrogen-bond acceptors (Lipinski definition) is 13. The van der Waals surface area contributed by atoms with Gasteiger partial charge in [0.15, 0.2) is 0 Å². The van der Waals surface area contributed by atoms with Gasteiger partial charge in [-0.2, -0.15) is 0 Å². The lowest BCUT2D eigenvalue weighted by Crippen LogP contribution is -2.43. The van der Waals surface area contributed by atoms with Crippen molar-refractivity contribution in [2.45, 2.75) is 18.0 Å². The van der Waals surface area contributed by atoms with E-state index < -0.39 is 26.7 Å². The predicted molar refractivity (Wildman–Crippen MR) is 171 cm³/mol. The van der Waals surface area contributed by atoms with Gasteiger partial charge < -0.3 is 38.8 Å². The topological polar surface area (TPSA) is 177 Å². The summed E-state index contributed by atoms with van der Waals surface area (Å²) in [6.45, 7) is 4.27. The molecule has 1 fully saturated rings. The molecule has 1 unspecified atom stereocenters. The molecule has 17 heteroatoms. The molecule has 1 aromatic rings. The average Bonchev–Trinajstić information content (AvgIpc) is 3.06. The van der Waals surface area contributed by atoms with E-state index in [-0.39, 0.29) is 25.1 Å². The molecule has 1 atom stereocenters. The summed E-state index contributed by atoms with van der Waals surface area (Å²) in [6.07, 6.45) is 0.774. The maximum atomic E-state index is 11.7. The van der Waals surface area contributed by atoms with Crippen LogP contribution >= 0.6 is 12.6 Å². The molecule has 1 saturated heterocycles. The largest absolute Gasteiger partial charge is 0.500 e. The normalized spacial score (nSPS) is 16.5. The zero-order valence-corrected chi connectivity index (χ0v) is 27.7. The zero-order chi connectivity index (χ0) is 32.5. The van der Waals surface area contributed by atoms with E-state index >= 15 is 0 Å². The minimum absolute atomic E-state index is 0.124. The smallest absolute Gasteiger partial charge is 0.480 e. The first-order chi connectivity index (χ1) is 21.0. The zero-order valence-electron chi connectivity index (χ0n) is 25.8. The van der Waals surface area contributed by atoms with Crippen molar-refractivity contribution in [3.63, 3.8) is 0 Å². The Morgan fingerprint density at radius 1 is 0.864 bits per heavy atom. The van der Waals surface area contributed by atoms with Crippen molar-refractivity contribution in [3.05, 3.63) is 24.3 Å². The summed E-state index contributed by atoms with van der Waals surface area (Å²) >= 11 is 4.56. The fourth-order valence-corrected chi connectivity index (χ4v) is 6.91. The van der Waals surface area contributed by atoms with Gasteiger partial charge in [-0.25, -0.2) is 0 Å². The van der Waals surface area contributed by atoms with E-state index in [4.69, 9.17) is 13.3 Å². The van der Waals surface area contributed by atoms with Gasteiger partial charge in [0.2, 0.25) is 0 Å². The molecule has 0 aliphatic carbocycles. The summed E-state index contributed by atoms with van der Waals surface area (Å²) in [4.78, 5) is 41.8. The van der Waals surface area contributed by atoms with Gasteiger partial charge in [-0.15, -0.1) is 12.6 Å². The third-order valence-electron chi connectivity index (χ3n) is 7.39. The lowest BCUT2D eigenvalue weighted by atomic mass is 10.2. The molecule has 0 spiro atoms. The Kier molecular flexibility index (Phi) is 17.0. The molecule has 1 aliphatic heterocycles. The summed E-state index contributed by atoms with van der Waals surface area (Å²) in [7, 11) is 2.14. The SMILES string of the molecule is CO[Si](CCCNC(S)Nc1ccc(N(CCN2CCN(CC(=O)O)CCN(CC(=O)O)CC2)CC(=O)O)cc1)(OC)OC. The van der Waals surface area contributed by atoms with E-state index in [9.17, 15) is 29.7 Å². The van der Waals surface area contributed by atoms with Gasteiger partial charge in [-0.1, -0.05) is 0 Å². The number of carboxylic acids is 3. The highest BCUT2D eigenvalue weighted by Crippen LogP contribution is 2.19. The Labute approximate surface area is 265 Å². The van der Waals surface area contributed by atoms with Gasteiger partial charge >= 0.3 is 26.7 Å². The number of aliphatic carboxylic acids is 3. The van der Waals surface area contributed by atoms with Gasteiger partial charge in [0.05, 0.1) is 13.1 Å². The van der Waals surface area contributed by atoms with Crippen molar-refractivity contribution in [2.24, 2.45) is 0 Å². The molecule has 0 saturated carbocycles. The quantitative estimate of drug-likeness (QED) is 0.0482. The van der Waals surface area contributed by atoms with E-state index in [0.29, 0.717) is 64.9 Å². The lowest BCUT2D eigenvalue weighted by Gasteiger charge is -2.29. The maximum Gasteiger partial charge on any atom is 0.500 e. The van der Waals surface area contributed by atoms with E-state index in [1.54, 1.807) is 36.0 Å². The molecule has 1 aromatic carbocycles. The van der Waals surface area contributed by atoms with Gasteiger partial charge in [-0.05, 0) is 37.2 Å². The molecule has 1 aliphatic rings. The van der Waals surface area contributed by atoms with E-state index in [1.807, 2.05) is 24.3 Å². The van der Waals surface area contributed by atoms with Gasteiger partial charge in [0.25, 0.3) is 0 Å². The first-order valence-corrected chi connectivity index (χ1v) is 16.9. The van der Waals surface area contributed by atoms with Crippen LogP contribution in [0, 0.1) is 0 Å². The highest BCUT2D eigenvalue weighted by molar-refractivity contribution is 7.81. The molecule has 2 rings (SSSR count). The van der Waals surface area contributed by atoms with Crippen molar-refractivity contribution in [2.75, 3.05) is 110 Å². The minimum Gasteiger partial charge on any atom is -0.480 e. The second-order valence-corrected chi connectivity index (χ2v) is 14.1. The molecular formula is C27H48N6O9SSi. The maximum absolute atomic E-state index is 11.7. The summed E-state index contributed by atoms with van der Waals surface area (Å²) in [6, 6.07) is 8.09. The van der Waals surface area contributed by atoms with Crippen LogP contribution in [-0.4, -0.2) is 162 Å². The molecule has 0 amide bonds. The Morgan fingerprint density at radius 3 is 1.82 bits per heavy atom. The number of carboxylic acid groups (broad SMARTS) is 3. The number of hydrogen-bond donors (Lipinski definition) is 6. The van der Waals surface area contributed by atoms with Crippen LogP contribution in [0.5, 0.6) is 0 Å². The van der Waals surface area contributed by atoms with Crippen molar-refractivity contribution in [1.29, 1.82) is 0 Å². The number of carbonyl (C=O) groups is 3. The second kappa shape index (κ2) is 19.8. The fourth-order valence-electron chi connectivity index (χ4n) is 4.91. The van der Waals surface area contributed by atoms with Crippen LogP contribution in [0.1, 0.15) is 6.42 Å². The van der Waals surface area contributed by atoms with Crippen LogP contribution in [0.2, 0.25) is 6.04 Å².